The van der Waals surface area contributed by atoms with E-state index in [0.29, 0.717) is 6.04 Å². The number of benzene rings is 2. The Labute approximate surface area is 156 Å². The second-order valence-corrected chi connectivity index (χ2v) is 8.59. The summed E-state index contributed by atoms with van der Waals surface area (Å²) in [6.45, 7) is 7.04. The molecule has 25 heavy (non-hydrogen) atoms. The van der Waals surface area contributed by atoms with Crippen molar-refractivity contribution < 1.29 is 0 Å². The van der Waals surface area contributed by atoms with Gasteiger partial charge in [0.15, 0.2) is 0 Å². The summed E-state index contributed by atoms with van der Waals surface area (Å²) in [5.74, 6) is 1.57. The highest BCUT2D eigenvalue weighted by atomic mass is 32.2. The molecule has 0 unspecified atom stereocenters. The molecule has 0 amide bonds. The summed E-state index contributed by atoms with van der Waals surface area (Å²) in [7, 11) is 2.31. The van der Waals surface area contributed by atoms with E-state index in [1.165, 1.54) is 41.2 Å². The van der Waals surface area contributed by atoms with E-state index in [1.807, 2.05) is 11.8 Å². The van der Waals surface area contributed by atoms with E-state index in [4.69, 9.17) is 0 Å². The minimum Gasteiger partial charge on any atom is -0.299 e. The van der Waals surface area contributed by atoms with Gasteiger partial charge in [0, 0.05) is 37.1 Å². The van der Waals surface area contributed by atoms with Gasteiger partial charge >= 0.3 is 0 Å². The summed E-state index contributed by atoms with van der Waals surface area (Å²) in [5, 5.41) is 0. The molecule has 0 bridgehead atoms. The third-order valence-electron chi connectivity index (χ3n) is 6.04. The third kappa shape index (κ3) is 3.38. The molecule has 0 saturated carbocycles. The van der Waals surface area contributed by atoms with Crippen LogP contribution in [0.2, 0.25) is 0 Å². The summed E-state index contributed by atoms with van der Waals surface area (Å²) in [5.41, 5.74) is 4.41. The summed E-state index contributed by atoms with van der Waals surface area (Å²) in [6.07, 6.45) is 2.14. The number of fused-ring (bicyclic) bond motifs is 1. The fourth-order valence-corrected chi connectivity index (χ4v) is 5.26. The number of rotatable bonds is 4. The van der Waals surface area contributed by atoms with Crippen LogP contribution in [0.15, 0.2) is 53.4 Å². The molecule has 3 atom stereocenters. The van der Waals surface area contributed by atoms with Crippen LogP contribution in [0.25, 0.3) is 0 Å². The maximum Gasteiger partial charge on any atom is 0.0391 e. The van der Waals surface area contributed by atoms with Crippen molar-refractivity contribution in [1.29, 1.82) is 0 Å². The fraction of sp³-hybridized carbons (Fsp3) is 0.455. The Morgan fingerprint density at radius 1 is 1.00 bits per heavy atom. The van der Waals surface area contributed by atoms with Crippen molar-refractivity contribution in [3.8, 4) is 0 Å². The van der Waals surface area contributed by atoms with Gasteiger partial charge in [-0.1, -0.05) is 36.4 Å². The first-order valence-corrected chi connectivity index (χ1v) is 10.5. The maximum absolute atomic E-state index is 2.67. The highest BCUT2D eigenvalue weighted by molar-refractivity contribution is 7.98. The zero-order chi connectivity index (χ0) is 17.4. The summed E-state index contributed by atoms with van der Waals surface area (Å²) < 4.78 is 0. The first kappa shape index (κ1) is 17.1. The zero-order valence-electron chi connectivity index (χ0n) is 15.5. The Kier molecular flexibility index (Phi) is 4.90. The van der Waals surface area contributed by atoms with Crippen LogP contribution in [0.4, 0.5) is 0 Å². The van der Waals surface area contributed by atoms with Gasteiger partial charge in [-0.25, -0.2) is 0 Å². The minimum atomic E-state index is 0.579. The van der Waals surface area contributed by atoms with Crippen molar-refractivity contribution in [1.82, 2.24) is 9.80 Å². The van der Waals surface area contributed by atoms with Crippen molar-refractivity contribution >= 4 is 11.8 Å². The van der Waals surface area contributed by atoms with E-state index >= 15 is 0 Å². The lowest BCUT2D eigenvalue weighted by Gasteiger charge is -2.28. The Hall–Kier alpha value is -1.29. The maximum atomic E-state index is 2.67. The second-order valence-electron chi connectivity index (χ2n) is 7.71. The monoisotopic (exact) mass is 352 g/mol. The Bertz CT molecular complexity index is 727. The molecule has 0 aliphatic carbocycles. The molecule has 2 aliphatic heterocycles. The number of aryl methyl sites for hydroxylation is 1. The molecule has 0 radical (unpaired) electrons. The van der Waals surface area contributed by atoms with Gasteiger partial charge in [0.2, 0.25) is 0 Å². The van der Waals surface area contributed by atoms with Crippen LogP contribution >= 0.6 is 11.8 Å². The standard InChI is InChI=1S/C22H28N2S/c1-16-6-4-5-7-20(16)22-21-15-24(14-18(21)13-23(22)2)12-17-8-10-19(25-3)11-9-17/h4-11,18,21-22H,12-15H2,1-3H3/t18-,21+,22-/m0/s1. The lowest BCUT2D eigenvalue weighted by molar-refractivity contribution is 0.224. The van der Waals surface area contributed by atoms with Gasteiger partial charge in [-0.15, -0.1) is 11.8 Å². The molecule has 2 heterocycles. The SMILES string of the molecule is CSc1ccc(CN2C[C@@H]3CN(C)[C@@H](c4ccccc4C)[C@@H]3C2)cc1. The zero-order valence-corrected chi connectivity index (χ0v) is 16.3. The highest BCUT2D eigenvalue weighted by Crippen LogP contribution is 2.45. The predicted molar refractivity (Wildman–Crippen MR) is 107 cm³/mol. The van der Waals surface area contributed by atoms with E-state index in [-0.39, 0.29) is 0 Å². The van der Waals surface area contributed by atoms with E-state index in [0.717, 1.165) is 18.4 Å². The van der Waals surface area contributed by atoms with Gasteiger partial charge in [0.05, 0.1) is 0 Å². The van der Waals surface area contributed by atoms with Crippen molar-refractivity contribution in [2.75, 3.05) is 32.9 Å². The molecule has 2 aliphatic rings. The first-order chi connectivity index (χ1) is 12.2. The van der Waals surface area contributed by atoms with Crippen LogP contribution < -0.4 is 0 Å². The predicted octanol–water partition coefficient (Wildman–Crippen LogP) is 4.45. The highest BCUT2D eigenvalue weighted by Gasteiger charge is 2.46. The van der Waals surface area contributed by atoms with Gasteiger partial charge in [-0.05, 0) is 60.9 Å². The Morgan fingerprint density at radius 2 is 1.76 bits per heavy atom. The minimum absolute atomic E-state index is 0.579. The molecule has 0 N–H and O–H groups in total. The number of likely N-dealkylation sites (tertiary alicyclic amines) is 2. The largest absolute Gasteiger partial charge is 0.299 e. The molecule has 2 fully saturated rings. The van der Waals surface area contributed by atoms with Crippen LogP contribution in [0.1, 0.15) is 22.7 Å². The van der Waals surface area contributed by atoms with Gasteiger partial charge in [0.1, 0.15) is 0 Å². The van der Waals surface area contributed by atoms with E-state index in [1.54, 1.807) is 0 Å². The average Bonchev–Trinajstić information content (AvgIpc) is 3.12. The number of thioether (sulfide) groups is 1. The molecule has 4 rings (SSSR count). The molecule has 2 saturated heterocycles. The lowest BCUT2D eigenvalue weighted by atomic mass is 9.88. The van der Waals surface area contributed by atoms with Gasteiger partial charge in [-0.3, -0.25) is 9.80 Å². The first-order valence-electron chi connectivity index (χ1n) is 9.27. The van der Waals surface area contributed by atoms with Crippen molar-refractivity contribution in [2.45, 2.75) is 24.4 Å². The molecule has 0 spiro atoms. The van der Waals surface area contributed by atoms with Gasteiger partial charge < -0.3 is 0 Å². The topological polar surface area (TPSA) is 6.48 Å². The normalized spacial score (nSPS) is 26.9. The van der Waals surface area contributed by atoms with Crippen LogP contribution in [0.3, 0.4) is 0 Å². The molecule has 132 valence electrons. The Balaban J connectivity index is 1.48. The van der Waals surface area contributed by atoms with Gasteiger partial charge in [0.25, 0.3) is 0 Å². The van der Waals surface area contributed by atoms with Crippen molar-refractivity contribution in [3.05, 3.63) is 65.2 Å². The molecule has 0 aromatic heterocycles. The lowest BCUT2D eigenvalue weighted by Crippen LogP contribution is -2.29. The number of hydrogen-bond donors (Lipinski definition) is 0. The van der Waals surface area contributed by atoms with Crippen LogP contribution in [0.5, 0.6) is 0 Å². The molecule has 2 aromatic rings. The summed E-state index contributed by atoms with van der Waals surface area (Å²) >= 11 is 1.81. The molecular weight excluding hydrogens is 324 g/mol. The van der Waals surface area contributed by atoms with Crippen LogP contribution in [0, 0.1) is 18.8 Å². The van der Waals surface area contributed by atoms with E-state index < -0.39 is 0 Å². The molecular formula is C22H28N2S. The van der Waals surface area contributed by atoms with Crippen molar-refractivity contribution in [2.24, 2.45) is 11.8 Å². The Morgan fingerprint density at radius 3 is 2.48 bits per heavy atom. The number of nitrogens with zero attached hydrogens (tertiary/aromatic N) is 2. The van der Waals surface area contributed by atoms with Crippen LogP contribution in [-0.4, -0.2) is 42.7 Å². The second kappa shape index (κ2) is 7.14. The van der Waals surface area contributed by atoms with Gasteiger partial charge in [-0.2, -0.15) is 0 Å². The molecule has 2 nitrogen and oxygen atoms in total. The van der Waals surface area contributed by atoms with E-state index in [9.17, 15) is 0 Å². The van der Waals surface area contributed by atoms with Crippen LogP contribution in [-0.2, 0) is 6.54 Å². The third-order valence-corrected chi connectivity index (χ3v) is 6.79. The molecule has 3 heteroatoms. The summed E-state index contributed by atoms with van der Waals surface area (Å²) in [4.78, 5) is 6.60. The molecule has 2 aromatic carbocycles. The smallest absolute Gasteiger partial charge is 0.0391 e. The average molecular weight is 353 g/mol. The van der Waals surface area contributed by atoms with Crippen molar-refractivity contribution in [3.63, 3.8) is 0 Å². The number of hydrogen-bond acceptors (Lipinski definition) is 3. The fourth-order valence-electron chi connectivity index (χ4n) is 4.85. The summed E-state index contributed by atoms with van der Waals surface area (Å²) in [6, 6.07) is 18.6. The quantitative estimate of drug-likeness (QED) is 0.751. The van der Waals surface area contributed by atoms with E-state index in [2.05, 4.69) is 78.6 Å².